The molecule has 1 atom stereocenters. The van der Waals surface area contributed by atoms with Crippen LogP contribution in [0.3, 0.4) is 0 Å². The summed E-state index contributed by atoms with van der Waals surface area (Å²) >= 11 is 0. The summed E-state index contributed by atoms with van der Waals surface area (Å²) < 4.78 is 0. The number of hydrogen-bond acceptors (Lipinski definition) is 4. The summed E-state index contributed by atoms with van der Waals surface area (Å²) in [6.07, 6.45) is 0.919. The minimum Gasteiger partial charge on any atom is -0.393 e. The van der Waals surface area contributed by atoms with E-state index in [0.29, 0.717) is 25.9 Å². The fourth-order valence-corrected chi connectivity index (χ4v) is 2.50. The second-order valence-corrected chi connectivity index (χ2v) is 4.93. The Labute approximate surface area is 117 Å². The number of aliphatic hydroxyl groups is 1. The molecule has 0 aromatic heterocycles. The monoisotopic (exact) mass is 277 g/mol. The van der Waals surface area contributed by atoms with E-state index in [4.69, 9.17) is 5.73 Å². The zero-order chi connectivity index (χ0) is 14.5. The topological polar surface area (TPSA) is 95.7 Å². The number of urea groups is 1. The van der Waals surface area contributed by atoms with Gasteiger partial charge in [-0.25, -0.2) is 4.79 Å². The highest BCUT2D eigenvalue weighted by Crippen LogP contribution is 2.24. The van der Waals surface area contributed by atoms with Crippen LogP contribution in [0.15, 0.2) is 30.3 Å². The Morgan fingerprint density at radius 3 is 2.40 bits per heavy atom. The molecule has 0 bridgehead atoms. The van der Waals surface area contributed by atoms with Crippen LogP contribution in [0.25, 0.3) is 0 Å². The van der Waals surface area contributed by atoms with Gasteiger partial charge < -0.3 is 10.8 Å². The third-order valence-corrected chi connectivity index (χ3v) is 3.47. The van der Waals surface area contributed by atoms with Gasteiger partial charge in [-0.15, -0.1) is 0 Å². The van der Waals surface area contributed by atoms with Crippen molar-refractivity contribution in [3.8, 4) is 0 Å². The standard InChI is InChI=1S/C14H19N3O3/c15-14(20)16-13(19)12(10-4-2-1-3-5-10)17-8-6-11(18)7-9-17/h1-5,11-12,18H,6-9H2,(H3,15,16,19,20)/t12-/m0/s1. The average molecular weight is 277 g/mol. The molecule has 0 spiro atoms. The van der Waals surface area contributed by atoms with Crippen molar-refractivity contribution in [1.29, 1.82) is 0 Å². The number of primary amides is 1. The number of benzene rings is 1. The molecule has 1 aromatic rings. The van der Waals surface area contributed by atoms with Gasteiger partial charge in [-0.2, -0.15) is 0 Å². The summed E-state index contributed by atoms with van der Waals surface area (Å²) in [7, 11) is 0. The van der Waals surface area contributed by atoms with Crippen LogP contribution in [0, 0.1) is 0 Å². The van der Waals surface area contributed by atoms with Gasteiger partial charge in [0.1, 0.15) is 6.04 Å². The molecule has 20 heavy (non-hydrogen) atoms. The summed E-state index contributed by atoms with van der Waals surface area (Å²) in [5, 5.41) is 11.7. The number of aliphatic hydroxyl groups excluding tert-OH is 1. The lowest BCUT2D eigenvalue weighted by Gasteiger charge is -2.35. The first kappa shape index (κ1) is 14.5. The molecule has 3 amide bonds. The van der Waals surface area contributed by atoms with E-state index in [2.05, 4.69) is 5.32 Å². The summed E-state index contributed by atoms with van der Waals surface area (Å²) in [5.74, 6) is -0.430. The first-order chi connectivity index (χ1) is 9.58. The predicted octanol–water partition coefficient (Wildman–Crippen LogP) is 0.379. The highest BCUT2D eigenvalue weighted by atomic mass is 16.3. The quantitative estimate of drug-likeness (QED) is 0.744. The van der Waals surface area contributed by atoms with Crippen LogP contribution in [0.5, 0.6) is 0 Å². The Kier molecular flexibility index (Phi) is 4.70. The fraction of sp³-hybridized carbons (Fsp3) is 0.429. The van der Waals surface area contributed by atoms with Gasteiger partial charge in [0.15, 0.2) is 0 Å². The van der Waals surface area contributed by atoms with Crippen LogP contribution in [0.1, 0.15) is 24.4 Å². The molecule has 1 aromatic carbocycles. The SMILES string of the molecule is NC(=O)NC(=O)[C@H](c1ccccc1)N1CCC(O)CC1. The number of nitrogens with zero attached hydrogens (tertiary/aromatic N) is 1. The third-order valence-electron chi connectivity index (χ3n) is 3.47. The Balaban J connectivity index is 2.20. The second kappa shape index (κ2) is 6.49. The molecule has 1 heterocycles. The average Bonchev–Trinajstić information content (AvgIpc) is 2.42. The van der Waals surface area contributed by atoms with Gasteiger partial charge in [0.25, 0.3) is 0 Å². The maximum atomic E-state index is 12.2. The number of carbonyl (C=O) groups excluding carboxylic acids is 2. The molecule has 4 N–H and O–H groups in total. The van der Waals surface area contributed by atoms with Crippen LogP contribution < -0.4 is 11.1 Å². The van der Waals surface area contributed by atoms with Gasteiger partial charge in [0, 0.05) is 13.1 Å². The first-order valence-electron chi connectivity index (χ1n) is 6.65. The smallest absolute Gasteiger partial charge is 0.318 e. The van der Waals surface area contributed by atoms with Gasteiger partial charge in [-0.3, -0.25) is 15.0 Å². The van der Waals surface area contributed by atoms with Gasteiger partial charge in [0.05, 0.1) is 6.10 Å². The predicted molar refractivity (Wildman–Crippen MR) is 73.7 cm³/mol. The third kappa shape index (κ3) is 3.55. The van der Waals surface area contributed by atoms with Crippen molar-refractivity contribution >= 4 is 11.9 Å². The molecule has 6 nitrogen and oxygen atoms in total. The summed E-state index contributed by atoms with van der Waals surface area (Å²) in [6, 6.07) is 7.83. The minimum absolute atomic E-state index is 0.318. The van der Waals surface area contributed by atoms with Crippen molar-refractivity contribution in [3.05, 3.63) is 35.9 Å². The molecule has 0 radical (unpaired) electrons. The van der Waals surface area contributed by atoms with Crippen LogP contribution in [-0.4, -0.2) is 41.1 Å². The minimum atomic E-state index is -0.854. The Bertz CT molecular complexity index is 470. The molecule has 0 unspecified atom stereocenters. The van der Waals surface area contributed by atoms with Gasteiger partial charge in [0.2, 0.25) is 5.91 Å². The van der Waals surface area contributed by atoms with Crippen LogP contribution in [0.4, 0.5) is 4.79 Å². The zero-order valence-corrected chi connectivity index (χ0v) is 11.2. The number of carbonyl (C=O) groups is 2. The molecule has 1 aliphatic heterocycles. The molecular weight excluding hydrogens is 258 g/mol. The molecule has 1 aliphatic rings. The maximum absolute atomic E-state index is 12.2. The van der Waals surface area contributed by atoms with E-state index >= 15 is 0 Å². The summed E-state index contributed by atoms with van der Waals surface area (Å²) in [6.45, 7) is 1.21. The Morgan fingerprint density at radius 1 is 1.25 bits per heavy atom. The summed E-state index contributed by atoms with van der Waals surface area (Å²) in [4.78, 5) is 25.1. The number of amides is 3. The van der Waals surface area contributed by atoms with E-state index in [1.165, 1.54) is 0 Å². The van der Waals surface area contributed by atoms with Gasteiger partial charge in [-0.1, -0.05) is 30.3 Å². The van der Waals surface area contributed by atoms with E-state index < -0.39 is 18.0 Å². The zero-order valence-electron chi connectivity index (χ0n) is 11.2. The lowest BCUT2D eigenvalue weighted by atomic mass is 10.00. The number of likely N-dealkylation sites (tertiary alicyclic amines) is 1. The van der Waals surface area contributed by atoms with Crippen molar-refractivity contribution in [1.82, 2.24) is 10.2 Å². The van der Waals surface area contributed by atoms with Crippen LogP contribution >= 0.6 is 0 Å². The molecule has 108 valence electrons. The van der Waals surface area contributed by atoms with Gasteiger partial charge >= 0.3 is 6.03 Å². The van der Waals surface area contributed by atoms with E-state index in [1.54, 1.807) is 0 Å². The largest absolute Gasteiger partial charge is 0.393 e. The second-order valence-electron chi connectivity index (χ2n) is 4.93. The van der Waals surface area contributed by atoms with Crippen molar-refractivity contribution in [3.63, 3.8) is 0 Å². The number of rotatable bonds is 3. The molecule has 1 fully saturated rings. The number of piperidine rings is 1. The number of hydrogen-bond donors (Lipinski definition) is 3. The van der Waals surface area contributed by atoms with E-state index in [-0.39, 0.29) is 6.10 Å². The van der Waals surface area contributed by atoms with Crippen molar-refractivity contribution in [2.24, 2.45) is 5.73 Å². The molecule has 2 rings (SSSR count). The van der Waals surface area contributed by atoms with E-state index in [9.17, 15) is 14.7 Å². The molecule has 0 aliphatic carbocycles. The number of imide groups is 1. The first-order valence-corrected chi connectivity index (χ1v) is 6.65. The Morgan fingerprint density at radius 2 is 1.85 bits per heavy atom. The van der Waals surface area contributed by atoms with Crippen molar-refractivity contribution < 1.29 is 14.7 Å². The van der Waals surface area contributed by atoms with Gasteiger partial charge in [-0.05, 0) is 18.4 Å². The number of nitrogens with one attached hydrogen (secondary N) is 1. The fourth-order valence-electron chi connectivity index (χ4n) is 2.50. The summed E-state index contributed by atoms with van der Waals surface area (Å²) in [5.41, 5.74) is 5.84. The van der Waals surface area contributed by atoms with E-state index in [0.717, 1.165) is 5.56 Å². The highest BCUT2D eigenvalue weighted by Gasteiger charge is 2.31. The van der Waals surface area contributed by atoms with Crippen molar-refractivity contribution in [2.45, 2.75) is 25.0 Å². The van der Waals surface area contributed by atoms with E-state index in [1.807, 2.05) is 35.2 Å². The molecule has 6 heteroatoms. The Hall–Kier alpha value is -1.92. The van der Waals surface area contributed by atoms with Crippen LogP contribution in [-0.2, 0) is 4.79 Å². The molecule has 0 saturated carbocycles. The maximum Gasteiger partial charge on any atom is 0.318 e. The lowest BCUT2D eigenvalue weighted by Crippen LogP contribution is -2.47. The normalized spacial score (nSPS) is 18.4. The molecular formula is C14H19N3O3. The molecule has 1 saturated heterocycles. The number of nitrogens with two attached hydrogens (primary N) is 1. The van der Waals surface area contributed by atoms with Crippen molar-refractivity contribution in [2.75, 3.05) is 13.1 Å². The van der Waals surface area contributed by atoms with Crippen LogP contribution in [0.2, 0.25) is 0 Å². The highest BCUT2D eigenvalue weighted by molar-refractivity contribution is 5.96. The lowest BCUT2D eigenvalue weighted by molar-refractivity contribution is -0.126.